The predicted octanol–water partition coefficient (Wildman–Crippen LogP) is 2.27. The molecule has 0 bridgehead atoms. The van der Waals surface area contributed by atoms with Gasteiger partial charge in [-0.3, -0.25) is 4.98 Å². The van der Waals surface area contributed by atoms with Crippen LogP contribution in [0.4, 0.5) is 0 Å². The lowest BCUT2D eigenvalue weighted by molar-refractivity contribution is 0.799. The number of hydrogen-bond donors (Lipinski definition) is 1. The van der Waals surface area contributed by atoms with Gasteiger partial charge < -0.3 is 5.73 Å². The van der Waals surface area contributed by atoms with Crippen molar-refractivity contribution >= 4 is 0 Å². The average molecular weight is 176 g/mol. The van der Waals surface area contributed by atoms with Crippen molar-refractivity contribution in [1.29, 1.82) is 0 Å². The van der Waals surface area contributed by atoms with Gasteiger partial charge in [0.15, 0.2) is 0 Å². The lowest BCUT2D eigenvalue weighted by Crippen LogP contribution is -2.14. The fraction of sp³-hybridized carbons (Fsp3) is 0.364. The third kappa shape index (κ3) is 2.16. The maximum absolute atomic E-state index is 5.93. The van der Waals surface area contributed by atoms with E-state index in [1.54, 1.807) is 0 Å². The summed E-state index contributed by atoms with van der Waals surface area (Å²) < 4.78 is 0. The molecule has 0 saturated heterocycles. The van der Waals surface area contributed by atoms with Crippen LogP contribution in [0.3, 0.4) is 0 Å². The fourth-order valence-corrected chi connectivity index (χ4v) is 1.28. The normalized spacial score (nSPS) is 12.6. The predicted molar refractivity (Wildman–Crippen MR) is 55.5 cm³/mol. The molecule has 1 heterocycles. The first-order valence-electron chi connectivity index (χ1n) is 4.36. The second kappa shape index (κ2) is 3.71. The summed E-state index contributed by atoms with van der Waals surface area (Å²) in [6.45, 7) is 9.80. The Kier molecular flexibility index (Phi) is 2.83. The van der Waals surface area contributed by atoms with Crippen LogP contribution in [0, 0.1) is 13.8 Å². The topological polar surface area (TPSA) is 38.9 Å². The van der Waals surface area contributed by atoms with Gasteiger partial charge in [-0.15, -0.1) is 0 Å². The Morgan fingerprint density at radius 2 is 2.15 bits per heavy atom. The van der Waals surface area contributed by atoms with E-state index in [1.807, 2.05) is 27.0 Å². The van der Waals surface area contributed by atoms with Crippen molar-refractivity contribution in [3.63, 3.8) is 0 Å². The SMILES string of the molecule is C=C(C)C(N)c1ncc(C)cc1C. The zero-order valence-electron chi connectivity index (χ0n) is 8.46. The molecule has 0 saturated carbocycles. The summed E-state index contributed by atoms with van der Waals surface area (Å²) in [6, 6.07) is 1.95. The minimum atomic E-state index is -0.138. The van der Waals surface area contributed by atoms with Gasteiger partial charge in [0.2, 0.25) is 0 Å². The van der Waals surface area contributed by atoms with Crippen molar-refractivity contribution in [1.82, 2.24) is 4.98 Å². The zero-order valence-corrected chi connectivity index (χ0v) is 8.46. The third-order valence-electron chi connectivity index (χ3n) is 2.08. The molecule has 0 aliphatic heterocycles. The smallest absolute Gasteiger partial charge is 0.0683 e. The molecule has 0 amide bonds. The molecule has 1 aromatic rings. The Balaban J connectivity index is 3.08. The van der Waals surface area contributed by atoms with Crippen LogP contribution in [-0.2, 0) is 0 Å². The maximum atomic E-state index is 5.93. The van der Waals surface area contributed by atoms with Gasteiger partial charge in [0.05, 0.1) is 11.7 Å². The largest absolute Gasteiger partial charge is 0.319 e. The molecule has 2 heteroatoms. The Morgan fingerprint density at radius 3 is 2.62 bits per heavy atom. The Bertz CT molecular complexity index is 329. The summed E-state index contributed by atoms with van der Waals surface area (Å²) in [5.41, 5.74) is 10.1. The molecule has 2 nitrogen and oxygen atoms in total. The van der Waals surface area contributed by atoms with E-state index in [1.165, 1.54) is 0 Å². The summed E-state index contributed by atoms with van der Waals surface area (Å²) in [6.07, 6.45) is 1.84. The van der Waals surface area contributed by atoms with Crippen LogP contribution < -0.4 is 5.73 Å². The molecule has 0 radical (unpaired) electrons. The van der Waals surface area contributed by atoms with Gasteiger partial charge in [-0.25, -0.2) is 0 Å². The minimum absolute atomic E-state index is 0.138. The van der Waals surface area contributed by atoms with Crippen molar-refractivity contribution < 1.29 is 0 Å². The molecule has 0 aliphatic rings. The van der Waals surface area contributed by atoms with Crippen LogP contribution in [0.5, 0.6) is 0 Å². The summed E-state index contributed by atoms with van der Waals surface area (Å²) in [7, 11) is 0. The lowest BCUT2D eigenvalue weighted by atomic mass is 10.0. The van der Waals surface area contributed by atoms with E-state index in [0.29, 0.717) is 0 Å². The van der Waals surface area contributed by atoms with Crippen LogP contribution in [0.25, 0.3) is 0 Å². The van der Waals surface area contributed by atoms with Crippen LogP contribution in [0.1, 0.15) is 29.8 Å². The number of aromatic nitrogens is 1. The monoisotopic (exact) mass is 176 g/mol. The quantitative estimate of drug-likeness (QED) is 0.702. The van der Waals surface area contributed by atoms with Gasteiger partial charge in [-0.2, -0.15) is 0 Å². The second-order valence-corrected chi connectivity index (χ2v) is 3.54. The summed E-state index contributed by atoms with van der Waals surface area (Å²) >= 11 is 0. The van der Waals surface area contributed by atoms with Crippen LogP contribution >= 0.6 is 0 Å². The van der Waals surface area contributed by atoms with Crippen molar-refractivity contribution in [2.75, 3.05) is 0 Å². The summed E-state index contributed by atoms with van der Waals surface area (Å²) in [4.78, 5) is 4.31. The van der Waals surface area contributed by atoms with Crippen molar-refractivity contribution in [2.24, 2.45) is 5.73 Å². The van der Waals surface area contributed by atoms with E-state index < -0.39 is 0 Å². The summed E-state index contributed by atoms with van der Waals surface area (Å²) in [5.74, 6) is 0. The molecule has 2 N–H and O–H groups in total. The molecule has 0 aliphatic carbocycles. The van der Waals surface area contributed by atoms with Crippen LogP contribution in [0.2, 0.25) is 0 Å². The van der Waals surface area contributed by atoms with E-state index in [4.69, 9.17) is 5.73 Å². The average Bonchev–Trinajstić information content (AvgIpc) is 2.03. The number of nitrogens with two attached hydrogens (primary N) is 1. The Hall–Kier alpha value is -1.15. The zero-order chi connectivity index (χ0) is 10.0. The highest BCUT2D eigenvalue weighted by Gasteiger charge is 2.10. The lowest BCUT2D eigenvalue weighted by Gasteiger charge is -2.13. The Morgan fingerprint density at radius 1 is 1.54 bits per heavy atom. The van der Waals surface area contributed by atoms with Gasteiger partial charge in [-0.05, 0) is 31.9 Å². The highest BCUT2D eigenvalue weighted by Crippen LogP contribution is 2.18. The first kappa shape index (κ1) is 9.93. The molecule has 0 aromatic carbocycles. The Labute approximate surface area is 79.5 Å². The molecule has 0 fully saturated rings. The fourth-order valence-electron chi connectivity index (χ4n) is 1.28. The van der Waals surface area contributed by atoms with Crippen molar-refractivity contribution in [2.45, 2.75) is 26.8 Å². The van der Waals surface area contributed by atoms with E-state index in [2.05, 4.69) is 17.6 Å². The highest BCUT2D eigenvalue weighted by molar-refractivity contribution is 5.29. The maximum Gasteiger partial charge on any atom is 0.0683 e. The molecule has 1 rings (SSSR count). The van der Waals surface area contributed by atoms with Gasteiger partial charge in [0.25, 0.3) is 0 Å². The second-order valence-electron chi connectivity index (χ2n) is 3.54. The van der Waals surface area contributed by atoms with Crippen LogP contribution in [0.15, 0.2) is 24.4 Å². The molecular formula is C11H16N2. The number of rotatable bonds is 2. The number of aryl methyl sites for hydroxylation is 2. The van der Waals surface area contributed by atoms with Gasteiger partial charge in [0.1, 0.15) is 0 Å². The number of hydrogen-bond acceptors (Lipinski definition) is 2. The standard InChI is InChI=1S/C11H16N2/c1-7(2)10(12)11-9(4)5-8(3)6-13-11/h5-6,10H,1,12H2,2-4H3. The van der Waals surface area contributed by atoms with Gasteiger partial charge in [-0.1, -0.05) is 18.2 Å². The van der Waals surface area contributed by atoms with Gasteiger partial charge >= 0.3 is 0 Å². The van der Waals surface area contributed by atoms with Gasteiger partial charge in [0, 0.05) is 6.20 Å². The van der Waals surface area contributed by atoms with E-state index >= 15 is 0 Å². The third-order valence-corrected chi connectivity index (χ3v) is 2.08. The molecule has 1 aromatic heterocycles. The summed E-state index contributed by atoms with van der Waals surface area (Å²) in [5, 5.41) is 0. The molecule has 70 valence electrons. The van der Waals surface area contributed by atoms with E-state index in [9.17, 15) is 0 Å². The molecule has 1 unspecified atom stereocenters. The minimum Gasteiger partial charge on any atom is -0.319 e. The first-order valence-corrected chi connectivity index (χ1v) is 4.36. The molecular weight excluding hydrogens is 160 g/mol. The molecule has 0 spiro atoms. The van der Waals surface area contributed by atoms with E-state index in [-0.39, 0.29) is 6.04 Å². The van der Waals surface area contributed by atoms with E-state index in [0.717, 1.165) is 22.4 Å². The van der Waals surface area contributed by atoms with Crippen molar-refractivity contribution in [3.8, 4) is 0 Å². The number of nitrogens with zero attached hydrogens (tertiary/aromatic N) is 1. The first-order chi connectivity index (χ1) is 6.02. The molecule has 13 heavy (non-hydrogen) atoms. The van der Waals surface area contributed by atoms with Crippen LogP contribution in [-0.4, -0.2) is 4.98 Å². The number of pyridine rings is 1. The molecule has 1 atom stereocenters. The highest BCUT2D eigenvalue weighted by atomic mass is 14.8. The van der Waals surface area contributed by atoms with Crippen molar-refractivity contribution in [3.05, 3.63) is 41.2 Å².